The van der Waals surface area contributed by atoms with Crippen LogP contribution in [0.15, 0.2) is 78.5 Å². The molecule has 0 saturated carbocycles. The summed E-state index contributed by atoms with van der Waals surface area (Å²) in [5, 5.41) is 5.81. The van der Waals surface area contributed by atoms with Gasteiger partial charge in [0.2, 0.25) is 5.91 Å². The molecule has 0 bridgehead atoms. The standard InChI is InChI=1S/C26H22ClN3O5/c1-34-23-9-5-3-7-20(23)28-24(31)15-30-25(32)21(29-26(30)33)14-18-6-2-4-8-22(18)35-16-17-10-12-19(27)13-11-17/h2-14H,15-16H2,1H3,(H,28,31)(H,29,33)/b21-14+. The van der Waals surface area contributed by atoms with Crippen molar-refractivity contribution >= 4 is 41.2 Å². The van der Waals surface area contributed by atoms with E-state index < -0.39 is 24.4 Å². The topological polar surface area (TPSA) is 97.0 Å². The number of anilines is 1. The molecule has 0 aromatic heterocycles. The van der Waals surface area contributed by atoms with E-state index in [0.29, 0.717) is 34.4 Å². The summed E-state index contributed by atoms with van der Waals surface area (Å²) in [5.41, 5.74) is 2.01. The fraction of sp³-hybridized carbons (Fsp3) is 0.115. The Labute approximate surface area is 207 Å². The molecule has 8 nitrogen and oxygen atoms in total. The smallest absolute Gasteiger partial charge is 0.329 e. The SMILES string of the molecule is COc1ccccc1NC(=O)CN1C(=O)N/C(=C/c2ccccc2OCc2ccc(Cl)cc2)C1=O. The minimum atomic E-state index is -0.684. The molecule has 0 atom stereocenters. The van der Waals surface area contributed by atoms with E-state index in [1.807, 2.05) is 18.2 Å². The number of imide groups is 1. The first kappa shape index (κ1) is 23.8. The van der Waals surface area contributed by atoms with Gasteiger partial charge in [0.25, 0.3) is 5.91 Å². The van der Waals surface area contributed by atoms with Crippen molar-refractivity contribution in [2.24, 2.45) is 0 Å². The lowest BCUT2D eigenvalue weighted by molar-refractivity contribution is -0.127. The van der Waals surface area contributed by atoms with Crippen molar-refractivity contribution in [3.05, 3.63) is 94.6 Å². The monoisotopic (exact) mass is 491 g/mol. The van der Waals surface area contributed by atoms with E-state index in [1.54, 1.807) is 54.6 Å². The third-order valence-corrected chi connectivity index (χ3v) is 5.42. The van der Waals surface area contributed by atoms with Gasteiger partial charge in [-0.3, -0.25) is 9.59 Å². The van der Waals surface area contributed by atoms with Crippen molar-refractivity contribution in [2.75, 3.05) is 19.0 Å². The van der Waals surface area contributed by atoms with Crippen LogP contribution < -0.4 is 20.1 Å². The van der Waals surface area contributed by atoms with Crippen molar-refractivity contribution in [1.29, 1.82) is 0 Å². The number of rotatable bonds is 8. The van der Waals surface area contributed by atoms with E-state index in [4.69, 9.17) is 21.1 Å². The van der Waals surface area contributed by atoms with E-state index in [1.165, 1.54) is 13.2 Å². The van der Waals surface area contributed by atoms with Crippen LogP contribution in [0, 0.1) is 0 Å². The lowest BCUT2D eigenvalue weighted by atomic mass is 10.1. The quantitative estimate of drug-likeness (QED) is 0.358. The van der Waals surface area contributed by atoms with Crippen LogP contribution in [0.4, 0.5) is 10.5 Å². The molecule has 3 aromatic carbocycles. The Kier molecular flexibility index (Phi) is 7.32. The minimum absolute atomic E-state index is 0.0441. The molecule has 0 spiro atoms. The van der Waals surface area contributed by atoms with Crippen LogP contribution in [0.25, 0.3) is 6.08 Å². The first-order valence-electron chi connectivity index (χ1n) is 10.7. The highest BCUT2D eigenvalue weighted by Crippen LogP contribution is 2.25. The number of benzene rings is 3. The molecular formula is C26H22ClN3O5. The Bertz CT molecular complexity index is 1290. The molecule has 1 fully saturated rings. The molecule has 1 saturated heterocycles. The van der Waals surface area contributed by atoms with Gasteiger partial charge in [-0.15, -0.1) is 0 Å². The van der Waals surface area contributed by atoms with Crippen LogP contribution in [-0.2, 0) is 16.2 Å². The third-order valence-electron chi connectivity index (χ3n) is 5.17. The number of nitrogens with zero attached hydrogens (tertiary/aromatic N) is 1. The number of ether oxygens (including phenoxy) is 2. The predicted octanol–water partition coefficient (Wildman–Crippen LogP) is 4.46. The van der Waals surface area contributed by atoms with Crippen LogP contribution in [0.5, 0.6) is 11.5 Å². The van der Waals surface area contributed by atoms with Gasteiger partial charge in [-0.1, -0.05) is 54.1 Å². The molecule has 1 aliphatic rings. The van der Waals surface area contributed by atoms with Gasteiger partial charge in [-0.05, 0) is 42.0 Å². The summed E-state index contributed by atoms with van der Waals surface area (Å²) in [6.07, 6.45) is 1.52. The molecule has 4 amide bonds. The molecule has 35 heavy (non-hydrogen) atoms. The Hall–Kier alpha value is -4.30. The molecule has 0 unspecified atom stereocenters. The second-order valence-corrected chi connectivity index (χ2v) is 8.02. The highest BCUT2D eigenvalue weighted by atomic mass is 35.5. The molecule has 1 aliphatic heterocycles. The maximum Gasteiger partial charge on any atom is 0.329 e. The van der Waals surface area contributed by atoms with Gasteiger partial charge in [0.05, 0.1) is 12.8 Å². The van der Waals surface area contributed by atoms with Gasteiger partial charge in [0.15, 0.2) is 0 Å². The maximum atomic E-state index is 12.9. The summed E-state index contributed by atoms with van der Waals surface area (Å²) >= 11 is 5.92. The fourth-order valence-corrected chi connectivity index (χ4v) is 3.55. The number of nitrogens with one attached hydrogen (secondary N) is 2. The molecule has 4 rings (SSSR count). The summed E-state index contributed by atoms with van der Waals surface area (Å²) < 4.78 is 11.1. The molecule has 3 aromatic rings. The van der Waals surface area contributed by atoms with Gasteiger partial charge >= 0.3 is 6.03 Å². The van der Waals surface area contributed by atoms with Gasteiger partial charge < -0.3 is 20.1 Å². The van der Waals surface area contributed by atoms with Crippen molar-refractivity contribution in [3.8, 4) is 11.5 Å². The maximum absolute atomic E-state index is 12.9. The Morgan fingerprint density at radius 3 is 2.43 bits per heavy atom. The summed E-state index contributed by atoms with van der Waals surface area (Å²) in [6.45, 7) is -0.151. The molecule has 2 N–H and O–H groups in total. The number of amides is 4. The van der Waals surface area contributed by atoms with Crippen molar-refractivity contribution in [3.63, 3.8) is 0 Å². The average Bonchev–Trinajstić information content (AvgIpc) is 3.12. The van der Waals surface area contributed by atoms with Crippen LogP contribution in [0.2, 0.25) is 5.02 Å². The number of urea groups is 1. The third kappa shape index (κ3) is 5.80. The Balaban J connectivity index is 1.45. The molecule has 178 valence electrons. The van der Waals surface area contributed by atoms with Crippen LogP contribution >= 0.6 is 11.6 Å². The summed E-state index contributed by atoms with van der Waals surface area (Å²) in [7, 11) is 1.48. The molecular weight excluding hydrogens is 470 g/mol. The molecule has 1 heterocycles. The Morgan fingerprint density at radius 1 is 1.00 bits per heavy atom. The number of hydrogen-bond acceptors (Lipinski definition) is 5. The van der Waals surface area contributed by atoms with Gasteiger partial charge in [0.1, 0.15) is 30.3 Å². The number of carbonyl (C=O) groups is 3. The molecule has 0 aliphatic carbocycles. The fourth-order valence-electron chi connectivity index (χ4n) is 3.42. The van der Waals surface area contributed by atoms with Crippen LogP contribution in [0.1, 0.15) is 11.1 Å². The van der Waals surface area contributed by atoms with E-state index in [0.717, 1.165) is 10.5 Å². The van der Waals surface area contributed by atoms with Gasteiger partial charge in [0, 0.05) is 10.6 Å². The first-order chi connectivity index (χ1) is 16.9. The lowest BCUT2D eigenvalue weighted by Crippen LogP contribution is -2.38. The van der Waals surface area contributed by atoms with Crippen molar-refractivity contribution in [2.45, 2.75) is 6.61 Å². The molecule has 9 heteroatoms. The largest absolute Gasteiger partial charge is 0.495 e. The van der Waals surface area contributed by atoms with Crippen LogP contribution in [-0.4, -0.2) is 36.4 Å². The zero-order valence-corrected chi connectivity index (χ0v) is 19.5. The minimum Gasteiger partial charge on any atom is -0.495 e. The number of hydrogen-bond donors (Lipinski definition) is 2. The summed E-state index contributed by atoms with van der Waals surface area (Å²) in [6, 6.07) is 20.6. The number of carbonyl (C=O) groups excluding carboxylic acids is 3. The normalized spacial score (nSPS) is 14.1. The van der Waals surface area contributed by atoms with Crippen LogP contribution in [0.3, 0.4) is 0 Å². The van der Waals surface area contributed by atoms with E-state index in [2.05, 4.69) is 10.6 Å². The van der Waals surface area contributed by atoms with Gasteiger partial charge in [-0.2, -0.15) is 0 Å². The lowest BCUT2D eigenvalue weighted by Gasteiger charge is -2.13. The van der Waals surface area contributed by atoms with Crippen molar-refractivity contribution < 1.29 is 23.9 Å². The first-order valence-corrected chi connectivity index (χ1v) is 11.1. The number of methoxy groups -OCH3 is 1. The summed E-state index contributed by atoms with van der Waals surface area (Å²) in [5.74, 6) is -0.151. The zero-order chi connectivity index (χ0) is 24.8. The van der Waals surface area contributed by atoms with E-state index >= 15 is 0 Å². The molecule has 0 radical (unpaired) electrons. The highest BCUT2D eigenvalue weighted by Gasteiger charge is 2.35. The zero-order valence-electron chi connectivity index (χ0n) is 18.8. The Morgan fingerprint density at radius 2 is 1.69 bits per heavy atom. The van der Waals surface area contributed by atoms with Crippen molar-refractivity contribution in [1.82, 2.24) is 10.2 Å². The van der Waals surface area contributed by atoms with E-state index in [-0.39, 0.29) is 5.70 Å². The second-order valence-electron chi connectivity index (χ2n) is 7.58. The second kappa shape index (κ2) is 10.8. The average molecular weight is 492 g/mol. The highest BCUT2D eigenvalue weighted by molar-refractivity contribution is 6.30. The van der Waals surface area contributed by atoms with E-state index in [9.17, 15) is 14.4 Å². The van der Waals surface area contributed by atoms with Gasteiger partial charge in [-0.25, -0.2) is 9.69 Å². The number of para-hydroxylation sites is 3. The predicted molar refractivity (Wildman–Crippen MR) is 132 cm³/mol. The number of halogens is 1. The summed E-state index contributed by atoms with van der Waals surface area (Å²) in [4.78, 5) is 38.6.